The third-order valence-corrected chi connectivity index (χ3v) is 12.4. The third-order valence-electron chi connectivity index (χ3n) is 7.52. The van der Waals surface area contributed by atoms with Crippen LogP contribution in [0.1, 0.15) is 16.8 Å². The maximum atomic E-state index is 14.3. The summed E-state index contributed by atoms with van der Waals surface area (Å²) in [4.78, 5) is 12.0. The van der Waals surface area contributed by atoms with Gasteiger partial charge in [-0.3, -0.25) is 9.69 Å². The van der Waals surface area contributed by atoms with E-state index in [1.54, 1.807) is 47.0 Å². The van der Waals surface area contributed by atoms with E-state index in [1.807, 2.05) is 0 Å². The molecule has 4 aromatic rings. The molecule has 0 saturated carbocycles. The van der Waals surface area contributed by atoms with Crippen molar-refractivity contribution in [2.45, 2.75) is 37.6 Å². The van der Waals surface area contributed by atoms with Gasteiger partial charge in [-0.25, -0.2) is 25.9 Å². The molecular formula is C34H30F5N3O7S4. The van der Waals surface area contributed by atoms with Gasteiger partial charge in [-0.15, -0.1) is 22.1 Å². The molecule has 0 aliphatic rings. The molecule has 0 aliphatic carbocycles. The molecule has 0 radical (unpaired) electrons. The van der Waals surface area contributed by atoms with Crippen LogP contribution in [0.4, 0.5) is 27.1 Å². The van der Waals surface area contributed by atoms with Gasteiger partial charge in [0.2, 0.25) is 0 Å². The Morgan fingerprint density at radius 1 is 0.906 bits per heavy atom. The Bertz CT molecular complexity index is 2340. The minimum Gasteiger partial charge on any atom is -0.380 e. The van der Waals surface area contributed by atoms with E-state index in [0.717, 1.165) is 53.4 Å². The fourth-order valence-electron chi connectivity index (χ4n) is 4.85. The zero-order valence-electron chi connectivity index (χ0n) is 27.5. The fraction of sp³-hybridized carbons (Fsp3) is 0.206. The van der Waals surface area contributed by atoms with Gasteiger partial charge in [0.05, 0.1) is 17.1 Å². The number of carbonyl (C=O) groups excluding carboxylic acids is 1. The molecule has 0 fully saturated rings. The Morgan fingerprint density at radius 2 is 1.57 bits per heavy atom. The molecule has 0 saturated heterocycles. The summed E-state index contributed by atoms with van der Waals surface area (Å²) in [5, 5.41) is 2.81. The van der Waals surface area contributed by atoms with Gasteiger partial charge >= 0.3 is 15.7 Å². The maximum Gasteiger partial charge on any atom is 0.501 e. The quantitative estimate of drug-likeness (QED) is 0.0626. The minimum absolute atomic E-state index is 0.0368. The first-order chi connectivity index (χ1) is 24.7. The lowest BCUT2D eigenvalue weighted by Gasteiger charge is -2.24. The van der Waals surface area contributed by atoms with E-state index < -0.39 is 79.3 Å². The Hall–Kier alpha value is -4.48. The summed E-state index contributed by atoms with van der Waals surface area (Å²) in [5.41, 5.74) is -7.39. The van der Waals surface area contributed by atoms with E-state index in [4.69, 9.17) is 6.42 Å². The lowest BCUT2D eigenvalue weighted by molar-refractivity contribution is -0.0435. The first-order valence-corrected chi connectivity index (χ1v) is 20.5. The number of hydrogen-bond donors (Lipinski definition) is 2. The Morgan fingerprint density at radius 3 is 2.17 bits per heavy atom. The zero-order valence-corrected chi connectivity index (χ0v) is 30.7. The van der Waals surface area contributed by atoms with E-state index in [2.05, 4.69) is 11.2 Å². The van der Waals surface area contributed by atoms with Gasteiger partial charge < -0.3 is 5.32 Å². The number of sulfonamides is 1. The van der Waals surface area contributed by atoms with Crippen LogP contribution in [0.3, 0.4) is 0 Å². The number of amides is 1. The van der Waals surface area contributed by atoms with Crippen LogP contribution < -0.4 is 10.0 Å². The molecule has 0 aromatic heterocycles. The Labute approximate surface area is 308 Å². The number of nitrogens with zero attached hydrogens (tertiary/aromatic N) is 1. The molecule has 19 heteroatoms. The molecule has 0 bridgehead atoms. The number of rotatable bonds is 15. The van der Waals surface area contributed by atoms with Crippen LogP contribution in [0, 0.1) is 18.2 Å². The van der Waals surface area contributed by atoms with Gasteiger partial charge in [0.1, 0.15) is 15.6 Å². The molecule has 282 valence electrons. The summed E-state index contributed by atoms with van der Waals surface area (Å²) < 4.78 is 147. The maximum absolute atomic E-state index is 14.3. The van der Waals surface area contributed by atoms with Gasteiger partial charge in [0, 0.05) is 34.4 Å². The topological polar surface area (TPSA) is 147 Å². The summed E-state index contributed by atoms with van der Waals surface area (Å²) in [5.74, 6) is 0.495. The van der Waals surface area contributed by atoms with Crippen molar-refractivity contribution in [3.05, 3.63) is 102 Å². The second-order valence-electron chi connectivity index (χ2n) is 11.4. The molecular weight excluding hydrogens is 786 g/mol. The van der Waals surface area contributed by atoms with E-state index in [-0.39, 0.29) is 35.9 Å². The van der Waals surface area contributed by atoms with Gasteiger partial charge in [-0.1, -0.05) is 42.3 Å². The monoisotopic (exact) mass is 815 g/mol. The molecule has 0 aliphatic heterocycles. The zero-order chi connectivity index (χ0) is 39.2. The normalized spacial score (nSPS) is 12.9. The molecule has 2 N–H and O–H groups in total. The van der Waals surface area contributed by atoms with E-state index >= 15 is 0 Å². The van der Waals surface area contributed by atoms with Gasteiger partial charge in [-0.05, 0) is 73.6 Å². The number of hydrogen-bond acceptors (Lipinski definition) is 10. The van der Waals surface area contributed by atoms with Crippen LogP contribution in [0.2, 0.25) is 0 Å². The molecule has 53 heavy (non-hydrogen) atoms. The van der Waals surface area contributed by atoms with Crippen LogP contribution in [-0.4, -0.2) is 73.5 Å². The molecule has 1 atom stereocenters. The number of terminal acetylenes is 1. The summed E-state index contributed by atoms with van der Waals surface area (Å²) in [6.45, 7) is 0.612. The molecule has 0 spiro atoms. The average molecular weight is 816 g/mol. The van der Waals surface area contributed by atoms with Crippen molar-refractivity contribution in [1.29, 1.82) is 0 Å². The minimum atomic E-state index is -6.19. The SMILES string of the molecule is C#CCN(C)CC[C@H](CSc1ccccc1)Nc1ccc(S(=O)(=O)NC(=O)c2ccc(-c3ccc(F)cc3)c(S(=O)(=O)F)c2)cc1S(=O)(=O)C(F)(F)F. The van der Waals surface area contributed by atoms with Gasteiger partial charge in [0.15, 0.2) is 0 Å². The average Bonchev–Trinajstić information content (AvgIpc) is 3.09. The van der Waals surface area contributed by atoms with Crippen molar-refractivity contribution < 1.29 is 51.5 Å². The van der Waals surface area contributed by atoms with Crippen molar-refractivity contribution in [1.82, 2.24) is 9.62 Å². The first kappa shape index (κ1) is 41.3. The highest BCUT2D eigenvalue weighted by Crippen LogP contribution is 2.37. The van der Waals surface area contributed by atoms with E-state index in [1.165, 1.54) is 11.8 Å². The van der Waals surface area contributed by atoms with Crippen LogP contribution in [0.25, 0.3) is 11.1 Å². The van der Waals surface area contributed by atoms with Crippen LogP contribution in [-0.2, 0) is 30.1 Å². The van der Waals surface area contributed by atoms with E-state index in [0.29, 0.717) is 12.6 Å². The molecule has 1 amide bonds. The molecule has 4 rings (SSSR count). The molecule has 4 aromatic carbocycles. The number of anilines is 1. The highest BCUT2D eigenvalue weighted by atomic mass is 32.3. The fourth-order valence-corrected chi connectivity index (χ4v) is 8.58. The third kappa shape index (κ3) is 10.6. The second-order valence-corrected chi connectivity index (χ2v) is 17.4. The van der Waals surface area contributed by atoms with Gasteiger partial charge in [-0.2, -0.15) is 21.6 Å². The lowest BCUT2D eigenvalue weighted by atomic mass is 10.0. The molecule has 10 nitrogen and oxygen atoms in total. The predicted molar refractivity (Wildman–Crippen MR) is 190 cm³/mol. The number of carbonyl (C=O) groups is 1. The molecule has 0 heterocycles. The number of sulfone groups is 1. The second kappa shape index (κ2) is 16.7. The highest BCUT2D eigenvalue weighted by molar-refractivity contribution is 7.99. The van der Waals surface area contributed by atoms with Crippen LogP contribution in [0.15, 0.2) is 111 Å². The Balaban J connectivity index is 1.69. The standard InChI is InChI=1S/C34H30F5N3O7S4/c1-3-18-42(2)19-17-26(22-50-27-7-5-4-6-8-27)40-30-16-14-28(21-32(30)51(44,45)34(36,37)38)53(48,49)41-33(43)24-11-15-29(31(20-24)52(39,46)47)23-9-12-25(35)13-10-23/h1,4-16,20-21,26,40H,17-19,22H2,2H3,(H,41,43)/t26-/m1/s1. The van der Waals surface area contributed by atoms with Crippen LogP contribution >= 0.6 is 11.8 Å². The number of nitrogens with one attached hydrogen (secondary N) is 2. The van der Waals surface area contributed by atoms with Crippen molar-refractivity contribution in [3.8, 4) is 23.5 Å². The lowest BCUT2D eigenvalue weighted by Crippen LogP contribution is -2.32. The molecule has 0 unspecified atom stereocenters. The van der Waals surface area contributed by atoms with Gasteiger partial charge in [0.25, 0.3) is 25.8 Å². The number of halogens is 5. The largest absolute Gasteiger partial charge is 0.501 e. The van der Waals surface area contributed by atoms with Crippen molar-refractivity contribution in [2.75, 3.05) is 31.2 Å². The van der Waals surface area contributed by atoms with Crippen LogP contribution in [0.5, 0.6) is 0 Å². The summed E-state index contributed by atoms with van der Waals surface area (Å²) in [6.07, 6.45) is 5.64. The number of thioether (sulfide) groups is 1. The summed E-state index contributed by atoms with van der Waals surface area (Å²) in [7, 11) is -15.2. The summed E-state index contributed by atoms with van der Waals surface area (Å²) in [6, 6.07) is 16.7. The summed E-state index contributed by atoms with van der Waals surface area (Å²) >= 11 is 1.33. The van der Waals surface area contributed by atoms with E-state index in [9.17, 15) is 51.5 Å². The Kier molecular flexibility index (Phi) is 13.0. The van der Waals surface area contributed by atoms with Crippen molar-refractivity contribution in [2.24, 2.45) is 0 Å². The van der Waals surface area contributed by atoms with Crippen molar-refractivity contribution in [3.63, 3.8) is 0 Å². The number of benzene rings is 4. The van der Waals surface area contributed by atoms with Crippen molar-refractivity contribution >= 4 is 53.4 Å². The predicted octanol–water partition coefficient (Wildman–Crippen LogP) is 6.09. The number of alkyl halides is 3. The first-order valence-electron chi connectivity index (χ1n) is 15.2. The highest BCUT2D eigenvalue weighted by Gasteiger charge is 2.48. The smallest absolute Gasteiger partial charge is 0.380 e.